The van der Waals surface area contributed by atoms with Gasteiger partial charge < -0.3 is 20.6 Å². The van der Waals surface area contributed by atoms with Gasteiger partial charge in [-0.05, 0) is 59.8 Å². The second-order valence-electron chi connectivity index (χ2n) is 8.59. The van der Waals surface area contributed by atoms with E-state index in [1.165, 1.54) is 42.5 Å². The number of amides is 6. The van der Waals surface area contributed by atoms with Gasteiger partial charge >= 0.3 is 0 Å². The molecular weight excluding hydrogens is 542 g/mol. The van der Waals surface area contributed by atoms with E-state index in [9.17, 15) is 44.1 Å². The van der Waals surface area contributed by atoms with Crippen molar-refractivity contribution in [2.45, 2.75) is 0 Å². The predicted molar refractivity (Wildman–Crippen MR) is 140 cm³/mol. The molecule has 12 nitrogen and oxygen atoms in total. The number of anilines is 1. The average molecular weight is 560 g/mol. The van der Waals surface area contributed by atoms with Crippen molar-refractivity contribution in [3.05, 3.63) is 87.8 Å². The number of nitrogens with one attached hydrogen (secondary N) is 1. The van der Waals surface area contributed by atoms with Crippen LogP contribution in [0.25, 0.3) is 6.08 Å². The fraction of sp³-hybridized carbons (Fsp3) is 0.0370. The first-order chi connectivity index (χ1) is 19.0. The van der Waals surface area contributed by atoms with Crippen molar-refractivity contribution in [3.8, 4) is 17.2 Å². The number of aromatic hydroxyl groups is 3. The zero-order valence-electron chi connectivity index (χ0n) is 20.2. The Morgan fingerprint density at radius 1 is 0.825 bits per heavy atom. The summed E-state index contributed by atoms with van der Waals surface area (Å²) >= 11 is 0.520. The molecule has 2 heterocycles. The molecule has 0 bridgehead atoms. The van der Waals surface area contributed by atoms with Crippen LogP contribution in [0.5, 0.6) is 17.2 Å². The molecule has 0 unspecified atom stereocenters. The Morgan fingerprint density at radius 3 is 1.98 bits per heavy atom. The fourth-order valence-corrected chi connectivity index (χ4v) is 4.86. The van der Waals surface area contributed by atoms with Crippen LogP contribution in [0.2, 0.25) is 0 Å². The lowest BCUT2D eigenvalue weighted by Gasteiger charge is -2.16. The van der Waals surface area contributed by atoms with Crippen LogP contribution in [-0.4, -0.2) is 66.4 Å². The van der Waals surface area contributed by atoms with E-state index in [2.05, 4.69) is 5.32 Å². The summed E-state index contributed by atoms with van der Waals surface area (Å²) in [7, 11) is 0. The van der Waals surface area contributed by atoms with Gasteiger partial charge in [-0.1, -0.05) is 24.3 Å². The smallest absolute Gasteiger partial charge is 0.300 e. The summed E-state index contributed by atoms with van der Waals surface area (Å²) in [6.45, 7) is -0.775. The summed E-state index contributed by atoms with van der Waals surface area (Å²) in [6, 6.07) is 14.0. The number of thioether (sulfide) groups is 1. The van der Waals surface area contributed by atoms with Gasteiger partial charge in [0.15, 0.2) is 17.2 Å². The molecule has 5 rings (SSSR count). The molecule has 40 heavy (non-hydrogen) atoms. The highest BCUT2D eigenvalue weighted by Gasteiger charge is 2.43. The topological polar surface area (TPSA) is 182 Å². The molecule has 1 saturated heterocycles. The van der Waals surface area contributed by atoms with Crippen molar-refractivity contribution in [1.82, 2.24) is 9.80 Å². The molecule has 1 fully saturated rings. The van der Waals surface area contributed by atoms with E-state index in [4.69, 9.17) is 0 Å². The third-order valence-corrected chi connectivity index (χ3v) is 6.88. The highest BCUT2D eigenvalue weighted by atomic mass is 32.2. The standard InChI is InChI=1S/C27H17N3O9S/c31-18-10-14(11-19(32)22(18)34)23(35)28-15-7-5-13(6-8-15)9-20-26(38)30(27(39)40-20)21(33)12-29-24(36)16-3-1-2-4-17(16)25(29)37/h1-11,31-32,34H,12H2,(H,28,35)/b20-9-. The number of nitrogens with zero attached hydrogens (tertiary/aromatic N) is 2. The van der Waals surface area contributed by atoms with Crippen LogP contribution in [0.1, 0.15) is 36.6 Å². The Labute approximate surface area is 229 Å². The maximum atomic E-state index is 12.9. The second kappa shape index (κ2) is 10.0. The molecule has 0 atom stereocenters. The van der Waals surface area contributed by atoms with Gasteiger partial charge in [0.25, 0.3) is 34.8 Å². The van der Waals surface area contributed by atoms with Crippen molar-refractivity contribution >= 4 is 58.3 Å². The number of rotatable bonds is 5. The van der Waals surface area contributed by atoms with Gasteiger partial charge in [0.1, 0.15) is 6.54 Å². The number of fused-ring (bicyclic) bond motifs is 1. The van der Waals surface area contributed by atoms with Crippen LogP contribution in [-0.2, 0) is 9.59 Å². The quantitative estimate of drug-likeness (QED) is 0.206. The van der Waals surface area contributed by atoms with E-state index in [1.807, 2.05) is 0 Å². The predicted octanol–water partition coefficient (Wildman–Crippen LogP) is 2.91. The van der Waals surface area contributed by atoms with E-state index >= 15 is 0 Å². The Morgan fingerprint density at radius 2 is 1.40 bits per heavy atom. The Bertz CT molecular complexity index is 1620. The molecule has 0 saturated carbocycles. The normalized spacial score (nSPS) is 15.7. The number of hydrogen-bond acceptors (Lipinski definition) is 10. The minimum Gasteiger partial charge on any atom is -0.504 e. The molecule has 4 N–H and O–H groups in total. The number of imide groups is 4. The highest BCUT2D eigenvalue weighted by molar-refractivity contribution is 8.18. The van der Waals surface area contributed by atoms with Crippen LogP contribution < -0.4 is 5.32 Å². The molecule has 0 spiro atoms. The third-order valence-electron chi connectivity index (χ3n) is 6.01. The summed E-state index contributed by atoms with van der Waals surface area (Å²) in [5.41, 5.74) is 0.924. The molecule has 6 amide bonds. The summed E-state index contributed by atoms with van der Waals surface area (Å²) in [6.07, 6.45) is 1.36. The largest absolute Gasteiger partial charge is 0.504 e. The highest BCUT2D eigenvalue weighted by Crippen LogP contribution is 2.36. The van der Waals surface area contributed by atoms with E-state index in [1.54, 1.807) is 12.1 Å². The zero-order chi connectivity index (χ0) is 28.7. The minimum atomic E-state index is -1.02. The first-order valence-corrected chi connectivity index (χ1v) is 12.3. The van der Waals surface area contributed by atoms with Crippen LogP contribution in [0.4, 0.5) is 10.5 Å². The maximum Gasteiger partial charge on any atom is 0.300 e. The van der Waals surface area contributed by atoms with Gasteiger partial charge in [-0.2, -0.15) is 0 Å². The van der Waals surface area contributed by atoms with Gasteiger partial charge in [0.05, 0.1) is 16.0 Å². The Balaban J connectivity index is 1.26. The summed E-state index contributed by atoms with van der Waals surface area (Å²) < 4.78 is 0. The first-order valence-electron chi connectivity index (χ1n) is 11.5. The molecule has 13 heteroatoms. The molecule has 0 radical (unpaired) electrons. The zero-order valence-corrected chi connectivity index (χ0v) is 21.0. The van der Waals surface area contributed by atoms with Gasteiger partial charge in [-0.15, -0.1) is 0 Å². The van der Waals surface area contributed by atoms with Crippen LogP contribution in [0, 0.1) is 0 Å². The van der Waals surface area contributed by atoms with Gasteiger partial charge in [-0.25, -0.2) is 4.90 Å². The third kappa shape index (κ3) is 4.65. The van der Waals surface area contributed by atoms with Crippen molar-refractivity contribution < 1.29 is 44.1 Å². The Hall–Kier alpha value is -5.43. The number of phenolic OH excluding ortho intramolecular Hbond substituents is 3. The average Bonchev–Trinajstić information content (AvgIpc) is 3.34. The lowest BCUT2D eigenvalue weighted by molar-refractivity contribution is -0.137. The van der Waals surface area contributed by atoms with Gasteiger partial charge in [0.2, 0.25) is 0 Å². The first kappa shape index (κ1) is 26.2. The number of phenols is 3. The van der Waals surface area contributed by atoms with Gasteiger partial charge in [0, 0.05) is 11.3 Å². The number of hydrogen-bond donors (Lipinski definition) is 4. The maximum absolute atomic E-state index is 12.9. The molecular formula is C27H17N3O9S. The lowest BCUT2D eigenvalue weighted by atomic mass is 10.1. The van der Waals surface area contributed by atoms with Crippen molar-refractivity contribution in [3.63, 3.8) is 0 Å². The summed E-state index contributed by atoms with van der Waals surface area (Å²) in [5.74, 6) is -6.09. The molecule has 2 aliphatic rings. The molecule has 2 aliphatic heterocycles. The fourth-order valence-electron chi connectivity index (χ4n) is 4.02. The van der Waals surface area contributed by atoms with Crippen molar-refractivity contribution in [2.24, 2.45) is 0 Å². The van der Waals surface area contributed by atoms with Crippen LogP contribution in [0.3, 0.4) is 0 Å². The van der Waals surface area contributed by atoms with Gasteiger partial charge in [-0.3, -0.25) is 33.7 Å². The van der Waals surface area contributed by atoms with E-state index in [0.29, 0.717) is 32.8 Å². The number of carbonyl (C=O) groups is 6. The Kier molecular flexibility index (Phi) is 6.57. The second-order valence-corrected chi connectivity index (χ2v) is 9.59. The van der Waals surface area contributed by atoms with E-state index < -0.39 is 58.6 Å². The monoisotopic (exact) mass is 559 g/mol. The molecule has 3 aromatic rings. The molecule has 3 aromatic carbocycles. The van der Waals surface area contributed by atoms with Crippen LogP contribution >= 0.6 is 11.8 Å². The van der Waals surface area contributed by atoms with E-state index in [-0.39, 0.29) is 21.6 Å². The van der Waals surface area contributed by atoms with Crippen molar-refractivity contribution in [1.29, 1.82) is 0 Å². The minimum absolute atomic E-state index is 0.0625. The van der Waals surface area contributed by atoms with Crippen molar-refractivity contribution in [2.75, 3.05) is 11.9 Å². The summed E-state index contributed by atoms with van der Waals surface area (Å²) in [5, 5.41) is 30.3. The number of carbonyl (C=O) groups excluding carboxylic acids is 6. The van der Waals surface area contributed by atoms with Crippen LogP contribution in [0.15, 0.2) is 65.6 Å². The lowest BCUT2D eigenvalue weighted by Crippen LogP contribution is -2.44. The van der Waals surface area contributed by atoms with E-state index in [0.717, 1.165) is 12.1 Å². The number of benzene rings is 3. The molecule has 0 aliphatic carbocycles. The molecule has 200 valence electrons. The summed E-state index contributed by atoms with van der Waals surface area (Å²) in [4.78, 5) is 76.6. The SMILES string of the molecule is O=C(Nc1ccc(/C=C2\SC(=O)N(C(=O)CN3C(=O)c4ccccc4C3=O)C2=O)cc1)c1cc(O)c(O)c(O)c1. The molecule has 0 aromatic heterocycles.